The first-order chi connectivity index (χ1) is 12.9. The largest absolute Gasteiger partial charge is 0.486 e. The van der Waals surface area contributed by atoms with Crippen LogP contribution in [0.3, 0.4) is 0 Å². The van der Waals surface area contributed by atoms with Crippen LogP contribution in [0.1, 0.15) is 10.4 Å². The molecule has 1 aliphatic heterocycles. The van der Waals surface area contributed by atoms with Gasteiger partial charge >= 0.3 is 0 Å². The first kappa shape index (κ1) is 19.5. The molecular formula is C18H18ClNO6S. The molecule has 2 aromatic rings. The summed E-state index contributed by atoms with van der Waals surface area (Å²) in [5, 5.41) is 3.00. The minimum Gasteiger partial charge on any atom is -0.486 e. The van der Waals surface area contributed by atoms with Crippen molar-refractivity contribution in [3.05, 3.63) is 47.0 Å². The van der Waals surface area contributed by atoms with Crippen LogP contribution in [-0.2, 0) is 14.6 Å². The van der Waals surface area contributed by atoms with Gasteiger partial charge in [0.25, 0.3) is 5.91 Å². The van der Waals surface area contributed by atoms with E-state index in [4.69, 9.17) is 25.8 Å². The van der Waals surface area contributed by atoms with E-state index in [-0.39, 0.29) is 17.3 Å². The summed E-state index contributed by atoms with van der Waals surface area (Å²) in [7, 11) is -2.01. The summed E-state index contributed by atoms with van der Waals surface area (Å²) in [6.07, 6.45) is 0. The maximum absolute atomic E-state index is 12.5. The summed E-state index contributed by atoms with van der Waals surface area (Å²) >= 11 is 6.18. The fraction of sp³-hybridized carbons (Fsp3) is 0.278. The number of methoxy groups -OCH3 is 1. The second-order valence-electron chi connectivity index (χ2n) is 5.77. The van der Waals surface area contributed by atoms with E-state index in [0.29, 0.717) is 41.0 Å². The minimum absolute atomic E-state index is 0.104. The van der Waals surface area contributed by atoms with E-state index in [9.17, 15) is 13.2 Å². The summed E-state index contributed by atoms with van der Waals surface area (Å²) in [5.74, 6) is 0.479. The number of nitrogens with one attached hydrogen (secondary N) is 1. The van der Waals surface area contributed by atoms with Crippen molar-refractivity contribution in [2.45, 2.75) is 4.90 Å². The number of sulfone groups is 1. The van der Waals surface area contributed by atoms with E-state index in [0.717, 1.165) is 0 Å². The quantitative estimate of drug-likeness (QED) is 0.786. The summed E-state index contributed by atoms with van der Waals surface area (Å²) in [6, 6.07) is 8.86. The third kappa shape index (κ3) is 4.52. The molecule has 1 amide bonds. The summed E-state index contributed by atoms with van der Waals surface area (Å²) in [4.78, 5) is 12.6. The number of benzene rings is 2. The molecule has 7 nitrogen and oxygen atoms in total. The van der Waals surface area contributed by atoms with Crippen molar-refractivity contribution < 1.29 is 27.4 Å². The molecule has 0 unspecified atom stereocenters. The topological polar surface area (TPSA) is 90.9 Å². The molecule has 1 aliphatic rings. The molecule has 144 valence electrons. The van der Waals surface area contributed by atoms with E-state index < -0.39 is 15.7 Å². The van der Waals surface area contributed by atoms with Crippen LogP contribution in [-0.4, -0.2) is 47.0 Å². The van der Waals surface area contributed by atoms with Gasteiger partial charge in [-0.15, -0.1) is 0 Å². The molecule has 1 heterocycles. The van der Waals surface area contributed by atoms with Gasteiger partial charge in [-0.3, -0.25) is 4.79 Å². The highest BCUT2D eigenvalue weighted by molar-refractivity contribution is 7.91. The Morgan fingerprint density at radius 3 is 2.41 bits per heavy atom. The van der Waals surface area contributed by atoms with Crippen LogP contribution in [0.5, 0.6) is 11.5 Å². The number of fused-ring (bicyclic) bond motifs is 1. The number of ether oxygens (including phenoxy) is 3. The summed E-state index contributed by atoms with van der Waals surface area (Å²) in [5.41, 5.74) is 0.675. The first-order valence-electron chi connectivity index (χ1n) is 8.13. The van der Waals surface area contributed by atoms with Crippen LogP contribution in [0, 0.1) is 0 Å². The van der Waals surface area contributed by atoms with Crippen molar-refractivity contribution >= 4 is 33.0 Å². The average Bonchev–Trinajstić information content (AvgIpc) is 2.67. The van der Waals surface area contributed by atoms with Crippen molar-refractivity contribution in [1.82, 2.24) is 0 Å². The second kappa shape index (κ2) is 8.16. The zero-order valence-corrected chi connectivity index (χ0v) is 16.1. The molecule has 1 N–H and O–H groups in total. The smallest absolute Gasteiger partial charge is 0.255 e. The predicted octanol–water partition coefficient (Wildman–Crippen LogP) is 2.78. The Hall–Kier alpha value is -2.29. The zero-order chi connectivity index (χ0) is 19.4. The van der Waals surface area contributed by atoms with Gasteiger partial charge in [-0.1, -0.05) is 11.6 Å². The number of carbonyl (C=O) groups excluding carboxylic acids is 1. The Kier molecular flexibility index (Phi) is 5.88. The van der Waals surface area contributed by atoms with Gasteiger partial charge in [-0.2, -0.15) is 0 Å². The molecule has 0 radical (unpaired) electrons. The van der Waals surface area contributed by atoms with Crippen molar-refractivity contribution in [2.24, 2.45) is 0 Å². The molecule has 0 aromatic heterocycles. The fourth-order valence-electron chi connectivity index (χ4n) is 2.48. The van der Waals surface area contributed by atoms with Gasteiger partial charge in [0.1, 0.15) is 13.2 Å². The minimum atomic E-state index is -3.45. The van der Waals surface area contributed by atoms with Gasteiger partial charge in [0, 0.05) is 24.8 Å². The SMILES string of the molecule is COCCS(=O)(=O)c1ccc(C(=O)Nc2cc3c(cc2Cl)OCCO3)cc1. The van der Waals surface area contributed by atoms with Crippen LogP contribution < -0.4 is 14.8 Å². The van der Waals surface area contributed by atoms with E-state index in [2.05, 4.69) is 5.32 Å². The molecule has 0 atom stereocenters. The van der Waals surface area contributed by atoms with Crippen LogP contribution in [0.15, 0.2) is 41.3 Å². The highest BCUT2D eigenvalue weighted by Crippen LogP contribution is 2.38. The monoisotopic (exact) mass is 411 g/mol. The van der Waals surface area contributed by atoms with E-state index in [1.807, 2.05) is 0 Å². The molecule has 0 saturated heterocycles. The van der Waals surface area contributed by atoms with Crippen LogP contribution in [0.4, 0.5) is 5.69 Å². The molecule has 9 heteroatoms. The van der Waals surface area contributed by atoms with Crippen LogP contribution in [0.25, 0.3) is 0 Å². The Labute approximate surface area is 162 Å². The van der Waals surface area contributed by atoms with Crippen molar-refractivity contribution in [3.8, 4) is 11.5 Å². The third-order valence-corrected chi connectivity index (χ3v) is 5.92. The molecular weight excluding hydrogens is 394 g/mol. The standard InChI is InChI=1S/C18H18ClNO6S/c1-24-8-9-27(22,23)13-4-2-12(3-5-13)18(21)20-15-11-17-16(10-14(15)19)25-6-7-26-17/h2-5,10-11H,6-9H2,1H3,(H,20,21). The molecule has 0 fully saturated rings. The van der Waals surface area contributed by atoms with Gasteiger partial charge in [0.2, 0.25) is 0 Å². The number of anilines is 1. The van der Waals surface area contributed by atoms with Crippen molar-refractivity contribution in [1.29, 1.82) is 0 Å². The molecule has 2 aromatic carbocycles. The highest BCUT2D eigenvalue weighted by atomic mass is 35.5. The van der Waals surface area contributed by atoms with Gasteiger partial charge < -0.3 is 19.5 Å². The van der Waals surface area contributed by atoms with E-state index >= 15 is 0 Å². The molecule has 0 aliphatic carbocycles. The number of halogens is 1. The van der Waals surface area contributed by atoms with Gasteiger partial charge in [-0.25, -0.2) is 8.42 Å². The third-order valence-electron chi connectivity index (χ3n) is 3.91. The normalized spacial score (nSPS) is 13.3. The van der Waals surface area contributed by atoms with Gasteiger partial charge in [0.15, 0.2) is 21.3 Å². The Balaban J connectivity index is 1.75. The number of hydrogen-bond donors (Lipinski definition) is 1. The maximum Gasteiger partial charge on any atom is 0.255 e. The number of amides is 1. The van der Waals surface area contributed by atoms with Crippen LogP contribution >= 0.6 is 11.6 Å². The second-order valence-corrected chi connectivity index (χ2v) is 8.28. The summed E-state index contributed by atoms with van der Waals surface area (Å²) in [6.45, 7) is 0.961. The zero-order valence-electron chi connectivity index (χ0n) is 14.5. The van der Waals surface area contributed by atoms with E-state index in [1.165, 1.54) is 31.4 Å². The van der Waals surface area contributed by atoms with E-state index in [1.54, 1.807) is 12.1 Å². The number of rotatable bonds is 6. The lowest BCUT2D eigenvalue weighted by Gasteiger charge is -2.20. The number of hydrogen-bond acceptors (Lipinski definition) is 6. The Morgan fingerprint density at radius 1 is 1.15 bits per heavy atom. The van der Waals surface area contributed by atoms with Gasteiger partial charge in [-0.05, 0) is 24.3 Å². The lowest BCUT2D eigenvalue weighted by molar-refractivity contribution is 0.102. The highest BCUT2D eigenvalue weighted by Gasteiger charge is 2.18. The predicted molar refractivity (Wildman–Crippen MR) is 101 cm³/mol. The first-order valence-corrected chi connectivity index (χ1v) is 10.2. The Morgan fingerprint density at radius 2 is 1.78 bits per heavy atom. The molecule has 0 saturated carbocycles. The molecule has 27 heavy (non-hydrogen) atoms. The van der Waals surface area contributed by atoms with Crippen molar-refractivity contribution in [2.75, 3.05) is 38.0 Å². The van der Waals surface area contributed by atoms with Gasteiger partial charge in [0.05, 0.1) is 28.0 Å². The maximum atomic E-state index is 12.5. The Bertz CT molecular complexity index is 943. The molecule has 3 rings (SSSR count). The van der Waals surface area contributed by atoms with Crippen molar-refractivity contribution in [3.63, 3.8) is 0 Å². The van der Waals surface area contributed by atoms with Crippen LogP contribution in [0.2, 0.25) is 5.02 Å². The molecule has 0 bridgehead atoms. The average molecular weight is 412 g/mol. The lowest BCUT2D eigenvalue weighted by atomic mass is 10.2. The molecule has 0 spiro atoms. The fourth-order valence-corrected chi connectivity index (χ4v) is 3.85. The lowest BCUT2D eigenvalue weighted by Crippen LogP contribution is -2.17. The number of carbonyl (C=O) groups is 1. The summed E-state index contributed by atoms with van der Waals surface area (Å²) < 4.78 is 40.0.